The van der Waals surface area contributed by atoms with Crippen molar-refractivity contribution in [2.45, 2.75) is 66.6 Å². The number of rotatable bonds is 4. The van der Waals surface area contributed by atoms with Crippen molar-refractivity contribution in [2.75, 3.05) is 0 Å². The van der Waals surface area contributed by atoms with Crippen LogP contribution in [0.15, 0.2) is 59.8 Å². The highest BCUT2D eigenvalue weighted by atomic mass is 16.6. The molecule has 2 bridgehead atoms. The van der Waals surface area contributed by atoms with Crippen LogP contribution in [-0.2, 0) is 19.1 Å². The van der Waals surface area contributed by atoms with Crippen LogP contribution in [0.4, 0.5) is 0 Å². The van der Waals surface area contributed by atoms with Crippen molar-refractivity contribution in [3.05, 3.63) is 59.8 Å². The molecule has 1 fully saturated rings. The van der Waals surface area contributed by atoms with Crippen LogP contribution in [0.1, 0.15) is 55.4 Å². The van der Waals surface area contributed by atoms with E-state index in [0.29, 0.717) is 0 Å². The molecule has 0 aromatic heterocycles. The van der Waals surface area contributed by atoms with Gasteiger partial charge in [0.2, 0.25) is 0 Å². The van der Waals surface area contributed by atoms with Crippen molar-refractivity contribution < 1.29 is 19.1 Å². The zero-order valence-electron chi connectivity index (χ0n) is 21.2. The van der Waals surface area contributed by atoms with Crippen LogP contribution in [0.2, 0.25) is 0 Å². The molecule has 0 aromatic carbocycles. The number of hydrogen-bond donors (Lipinski definition) is 0. The zero-order valence-corrected chi connectivity index (χ0v) is 21.2. The van der Waals surface area contributed by atoms with Gasteiger partial charge in [0, 0.05) is 11.8 Å². The van der Waals surface area contributed by atoms with Crippen molar-refractivity contribution in [3.63, 3.8) is 0 Å². The Bertz CT molecular complexity index is 931. The van der Waals surface area contributed by atoms with Crippen molar-refractivity contribution in [2.24, 2.45) is 40.9 Å². The number of ether oxygens (including phenoxy) is 2. The van der Waals surface area contributed by atoms with E-state index in [1.54, 1.807) is 0 Å². The Morgan fingerprint density at radius 3 is 1.42 bits per heavy atom. The molecule has 4 rings (SSSR count). The maximum Gasteiger partial charge on any atom is 0.311 e. The minimum Gasteiger partial charge on any atom is -0.454 e. The van der Waals surface area contributed by atoms with Gasteiger partial charge in [0.05, 0.1) is 11.8 Å². The summed E-state index contributed by atoms with van der Waals surface area (Å²) in [6, 6.07) is 0. The zero-order chi connectivity index (χ0) is 24.3. The third kappa shape index (κ3) is 3.86. The second-order valence-corrected chi connectivity index (χ2v) is 11.6. The Labute approximate surface area is 198 Å². The van der Waals surface area contributed by atoms with Crippen molar-refractivity contribution in [1.82, 2.24) is 0 Å². The molecular weight excluding hydrogens is 412 g/mol. The fourth-order valence-electron chi connectivity index (χ4n) is 6.21. The maximum atomic E-state index is 13.7. The quantitative estimate of drug-likeness (QED) is 0.391. The fraction of sp³-hybridized carbons (Fsp3) is 0.586. The first-order valence-electron chi connectivity index (χ1n) is 12.2. The van der Waals surface area contributed by atoms with Gasteiger partial charge >= 0.3 is 11.9 Å². The fourth-order valence-corrected chi connectivity index (χ4v) is 6.21. The Hall–Kier alpha value is -2.36. The molecule has 4 aliphatic carbocycles. The summed E-state index contributed by atoms with van der Waals surface area (Å²) < 4.78 is 12.4. The molecule has 33 heavy (non-hydrogen) atoms. The molecule has 8 atom stereocenters. The molecule has 0 saturated heterocycles. The average molecular weight is 451 g/mol. The predicted octanol–water partition coefficient (Wildman–Crippen LogP) is 5.97. The molecule has 0 amide bonds. The van der Waals surface area contributed by atoms with E-state index in [4.69, 9.17) is 9.47 Å². The van der Waals surface area contributed by atoms with Gasteiger partial charge in [0.15, 0.2) is 0 Å². The standard InChI is InChI=1S/C29H38O4/c1-17-9-11-19(3)28(7,15-17)32-25(30)23-21-13-14-22(27(21,5)6)24(23)26(31)33-29(8)16-18(2)10-12-20(29)4/h9-16,19-24H,1-8H3. The molecule has 0 radical (unpaired) electrons. The lowest BCUT2D eigenvalue weighted by Gasteiger charge is -2.38. The molecule has 178 valence electrons. The SMILES string of the molecule is CC1=CC(C)(OC(=O)C2C(C(=O)OC3(C)C=C(C)C=CC3C)C3C=CC2C3(C)C)C(C)C=C1. The van der Waals surface area contributed by atoms with E-state index in [1.165, 1.54) is 0 Å². The third-order valence-electron chi connectivity index (χ3n) is 8.72. The average Bonchev–Trinajstić information content (AvgIpc) is 3.13. The first-order chi connectivity index (χ1) is 15.3. The molecule has 4 aliphatic rings. The van der Waals surface area contributed by atoms with Crippen LogP contribution in [0.5, 0.6) is 0 Å². The summed E-state index contributed by atoms with van der Waals surface area (Å²) >= 11 is 0. The molecule has 8 unspecified atom stereocenters. The summed E-state index contributed by atoms with van der Waals surface area (Å²) in [6.45, 7) is 16.3. The van der Waals surface area contributed by atoms with Crippen LogP contribution >= 0.6 is 0 Å². The molecule has 0 N–H and O–H groups in total. The molecule has 0 spiro atoms. The summed E-state index contributed by atoms with van der Waals surface area (Å²) in [5, 5.41) is 0. The highest BCUT2D eigenvalue weighted by Gasteiger charge is 2.63. The summed E-state index contributed by atoms with van der Waals surface area (Å²) in [4.78, 5) is 27.4. The first kappa shape index (κ1) is 23.8. The smallest absolute Gasteiger partial charge is 0.311 e. The van der Waals surface area contributed by atoms with Gasteiger partial charge in [-0.1, -0.05) is 75.3 Å². The topological polar surface area (TPSA) is 52.6 Å². The van der Waals surface area contributed by atoms with E-state index in [9.17, 15) is 9.59 Å². The van der Waals surface area contributed by atoms with Crippen LogP contribution in [0, 0.1) is 40.9 Å². The van der Waals surface area contributed by atoms with Gasteiger partial charge in [0.1, 0.15) is 11.2 Å². The normalized spacial score (nSPS) is 42.7. The number of allylic oxidation sites excluding steroid dienone is 6. The van der Waals surface area contributed by atoms with Crippen molar-refractivity contribution in [3.8, 4) is 0 Å². The van der Waals surface area contributed by atoms with Gasteiger partial charge in [-0.25, -0.2) is 0 Å². The second-order valence-electron chi connectivity index (χ2n) is 11.6. The summed E-state index contributed by atoms with van der Waals surface area (Å²) in [5.41, 5.74) is 0.482. The van der Waals surface area contributed by atoms with Gasteiger partial charge in [-0.2, -0.15) is 0 Å². The largest absolute Gasteiger partial charge is 0.454 e. The van der Waals surface area contributed by atoms with Gasteiger partial charge < -0.3 is 9.47 Å². The van der Waals surface area contributed by atoms with Crippen LogP contribution in [0.25, 0.3) is 0 Å². The minimum atomic E-state index is -0.728. The van der Waals surface area contributed by atoms with Gasteiger partial charge in [-0.15, -0.1) is 0 Å². The lowest BCUT2D eigenvalue weighted by Crippen LogP contribution is -2.45. The molecule has 4 nitrogen and oxygen atoms in total. The lowest BCUT2D eigenvalue weighted by atomic mass is 9.79. The Morgan fingerprint density at radius 2 is 1.06 bits per heavy atom. The second kappa shape index (κ2) is 7.85. The minimum absolute atomic E-state index is 0.0515. The predicted molar refractivity (Wildman–Crippen MR) is 130 cm³/mol. The van der Waals surface area contributed by atoms with Gasteiger partial charge in [-0.05, 0) is 57.1 Å². The summed E-state index contributed by atoms with van der Waals surface area (Å²) in [6.07, 6.45) is 16.5. The van der Waals surface area contributed by atoms with E-state index in [2.05, 4.69) is 64.2 Å². The van der Waals surface area contributed by atoms with E-state index in [-0.39, 0.29) is 41.0 Å². The van der Waals surface area contributed by atoms with Crippen LogP contribution in [0.3, 0.4) is 0 Å². The summed E-state index contributed by atoms with van der Waals surface area (Å²) in [5.74, 6) is -1.69. The van der Waals surface area contributed by atoms with Crippen LogP contribution < -0.4 is 0 Å². The molecule has 0 heterocycles. The third-order valence-corrected chi connectivity index (χ3v) is 8.72. The maximum absolute atomic E-state index is 13.7. The van der Waals surface area contributed by atoms with E-state index < -0.39 is 23.0 Å². The molecule has 4 heteroatoms. The van der Waals surface area contributed by atoms with E-state index in [1.807, 2.05) is 39.8 Å². The molecule has 0 aliphatic heterocycles. The van der Waals surface area contributed by atoms with E-state index >= 15 is 0 Å². The number of carbonyl (C=O) groups is 2. The van der Waals surface area contributed by atoms with Gasteiger partial charge in [0.25, 0.3) is 0 Å². The number of fused-ring (bicyclic) bond motifs is 2. The Morgan fingerprint density at radius 1 is 0.697 bits per heavy atom. The van der Waals surface area contributed by atoms with Crippen molar-refractivity contribution in [1.29, 1.82) is 0 Å². The molecule has 0 aromatic rings. The number of hydrogen-bond acceptors (Lipinski definition) is 4. The van der Waals surface area contributed by atoms with E-state index in [0.717, 1.165) is 11.1 Å². The van der Waals surface area contributed by atoms with Crippen molar-refractivity contribution >= 4 is 11.9 Å². The first-order valence-corrected chi connectivity index (χ1v) is 12.2. The number of carbonyl (C=O) groups excluding carboxylic acids is 2. The summed E-state index contributed by atoms with van der Waals surface area (Å²) in [7, 11) is 0. The van der Waals surface area contributed by atoms with Crippen LogP contribution in [-0.4, -0.2) is 23.1 Å². The Balaban J connectivity index is 1.62. The Kier molecular flexibility index (Phi) is 5.66. The van der Waals surface area contributed by atoms with Gasteiger partial charge in [-0.3, -0.25) is 9.59 Å². The highest BCUT2D eigenvalue weighted by molar-refractivity contribution is 5.85. The molecule has 1 saturated carbocycles. The highest BCUT2D eigenvalue weighted by Crippen LogP contribution is 2.60. The monoisotopic (exact) mass is 450 g/mol. The number of esters is 2. The molecular formula is C29H38O4. The lowest BCUT2D eigenvalue weighted by molar-refractivity contribution is -0.175.